The van der Waals surface area contributed by atoms with Gasteiger partial charge in [-0.3, -0.25) is 48.7 Å². The van der Waals surface area contributed by atoms with Crippen molar-refractivity contribution in [2.75, 3.05) is 16.0 Å². The highest BCUT2D eigenvalue weighted by atomic mass is 19.4. The van der Waals surface area contributed by atoms with E-state index in [1.165, 1.54) is 36.4 Å². The van der Waals surface area contributed by atoms with Crippen molar-refractivity contribution >= 4 is 78.3 Å². The minimum absolute atomic E-state index is 0.0150. The van der Waals surface area contributed by atoms with Gasteiger partial charge in [-0.1, -0.05) is 0 Å². The summed E-state index contributed by atoms with van der Waals surface area (Å²) in [6.45, 7) is -2.59. The zero-order chi connectivity index (χ0) is 95.6. The molecule has 1 aliphatic heterocycles. The maximum Gasteiger partial charge on any atom is 0.574 e. The van der Waals surface area contributed by atoms with Gasteiger partial charge in [-0.15, -0.1) is 26.3 Å². The summed E-state index contributed by atoms with van der Waals surface area (Å²) in [6, 6.07) is 37.2. The summed E-state index contributed by atoms with van der Waals surface area (Å²) < 4.78 is 228. The molecule has 20 aromatic rings. The van der Waals surface area contributed by atoms with Crippen LogP contribution >= 0.6 is 0 Å². The first-order valence-corrected chi connectivity index (χ1v) is 40.2. The second-order valence-electron chi connectivity index (χ2n) is 29.9. The van der Waals surface area contributed by atoms with Crippen LogP contribution in [0.15, 0.2) is 277 Å². The van der Waals surface area contributed by atoms with Crippen LogP contribution in [-0.2, 0) is 13.0 Å². The number of amides is 3. The number of hydrogen-bond acceptors (Lipinski definition) is 18. The maximum absolute atomic E-state index is 15.4. The van der Waals surface area contributed by atoms with E-state index in [0.717, 1.165) is 188 Å². The summed E-state index contributed by atoms with van der Waals surface area (Å²) in [4.78, 5) is 79.0. The molecule has 0 bridgehead atoms. The number of aromatic amines is 3. The highest BCUT2D eigenvalue weighted by Gasteiger charge is 2.36. The molecule has 137 heavy (non-hydrogen) atoms. The third-order valence-corrected chi connectivity index (χ3v) is 21.5. The predicted octanol–water partition coefficient (Wildman–Crippen LogP) is 19.4. The second kappa shape index (κ2) is 35.4. The Morgan fingerprint density at radius 2 is 0.723 bits per heavy atom. The molecule has 11 aromatic heterocycles. The molecule has 0 spiro atoms. The predicted molar refractivity (Wildman–Crippen MR) is 463 cm³/mol. The molecule has 1 aliphatic rings. The van der Waals surface area contributed by atoms with Crippen molar-refractivity contribution in [1.29, 1.82) is 0 Å². The van der Waals surface area contributed by atoms with Crippen LogP contribution in [0.5, 0.6) is 52.1 Å². The van der Waals surface area contributed by atoms with Crippen LogP contribution in [0.1, 0.15) is 36.6 Å². The number of alkyl halides is 8. The van der Waals surface area contributed by atoms with E-state index in [4.69, 9.17) is 14.2 Å². The molecule has 12 heterocycles. The number of nitrogens with one attached hydrogen (secondary N) is 6. The highest BCUT2D eigenvalue weighted by molar-refractivity contribution is 6.10. The Morgan fingerprint density at radius 3 is 1.07 bits per heavy atom. The van der Waals surface area contributed by atoms with Gasteiger partial charge >= 0.3 is 19.3 Å². The molecule has 44 heteroatoms. The van der Waals surface area contributed by atoms with Crippen LogP contribution in [0.25, 0.3) is 93.9 Å². The fraction of sp³-hybridized carbons (Fsp3) is 0.0538. The molecule has 0 aliphatic carbocycles. The van der Waals surface area contributed by atoms with E-state index in [9.17, 15) is 77.1 Å². The number of H-pyrrole nitrogens is 3. The van der Waals surface area contributed by atoms with Crippen LogP contribution in [0.3, 0.4) is 0 Å². The molecule has 6 N–H and O–H groups in total. The lowest BCUT2D eigenvalue weighted by molar-refractivity contribution is -0.277. The standard InChI is InChI=1S/C31H19F5N6O4.C31H17F5N6O4.C31H18F4N6O4/c2*32-18-1-4-20(5-2-18)42-26(46-31(34,35)36)8-6-22(30(42)44)29(43)40-19-3-7-24(23(33)12-19)45-25-11-16-15-39-41-10-9-21(28(16)41)27(25)17-13-37-38-14-17;32-18-1-4-20(5-2-18)41-26(45-31(34)35)8-6-22(30(41)43)29(42)39-19-3-7-24(23(33)12-19)44-25-11-16-15-38-40-10-9-21(28(16)40)27(25)17-13-36-37-14-17/h1-8,11-15H,9-10H2,(H,37,38)(H,40,43);1-15H,(H,37,38)(H,40,43);1-15,31H,(H,36,37)(H,39,42). The number of halogens is 14. The van der Waals surface area contributed by atoms with E-state index in [1.807, 2.05) is 16.8 Å². The van der Waals surface area contributed by atoms with Gasteiger partial charge in [0.25, 0.3) is 34.4 Å². The van der Waals surface area contributed by atoms with Gasteiger partial charge in [-0.2, -0.15) is 39.4 Å². The van der Waals surface area contributed by atoms with Crippen LogP contribution in [0.2, 0.25) is 0 Å². The number of pyridine rings is 3. The summed E-state index contributed by atoms with van der Waals surface area (Å²) in [5, 5.41) is 44.5. The molecule has 686 valence electrons. The molecule has 0 fully saturated rings. The first-order valence-electron chi connectivity index (χ1n) is 40.2. The molecule has 3 amide bonds. The SMILES string of the molecule is O=C(Nc1ccc(Oc2cc3cnn4c3c(c2-c2cn[nH]c2)CC4)c(F)c1)c1ccc(OC(F)(F)F)n(-c2ccc(F)cc2)c1=O.O=C(Nc1ccc(Oc2cc3cnn4ccc(c2-c2cn[nH]c2)c34)c(F)c1)c1ccc(OC(F)(F)F)n(-c2ccc(F)cc2)c1=O.O=C(Nc1ccc(Oc2cc3cnn4ccc(c2-c2cn[nH]c2)c34)c(F)c1)c1ccc(OC(F)F)n(-c2ccc(F)cc2)c1=O. The minimum Gasteiger partial charge on any atom is -0.454 e. The number of ether oxygens (including phenoxy) is 6. The number of benzene rings is 9. The van der Waals surface area contributed by atoms with Gasteiger partial charge in [0.15, 0.2) is 34.7 Å². The smallest absolute Gasteiger partial charge is 0.454 e. The average molecular weight is 1880 g/mol. The van der Waals surface area contributed by atoms with Gasteiger partial charge < -0.3 is 44.4 Å². The van der Waals surface area contributed by atoms with Gasteiger partial charge in [0.1, 0.15) is 51.4 Å². The largest absolute Gasteiger partial charge is 0.574 e. The monoisotopic (exact) mass is 1880 g/mol. The molecular weight excluding hydrogens is 1830 g/mol. The Labute approximate surface area is 753 Å². The van der Waals surface area contributed by atoms with Gasteiger partial charge in [-0.25, -0.2) is 49.1 Å². The van der Waals surface area contributed by atoms with Crippen molar-refractivity contribution in [2.24, 2.45) is 0 Å². The minimum atomic E-state index is -5.17. The number of rotatable bonds is 22. The quantitative estimate of drug-likeness (QED) is 0.0343. The second-order valence-corrected chi connectivity index (χ2v) is 29.9. The van der Waals surface area contributed by atoms with Crippen molar-refractivity contribution in [3.8, 4) is 103 Å². The van der Waals surface area contributed by atoms with Crippen molar-refractivity contribution in [3.05, 3.63) is 351 Å². The van der Waals surface area contributed by atoms with Crippen LogP contribution in [0, 0.1) is 34.9 Å². The van der Waals surface area contributed by atoms with Crippen molar-refractivity contribution < 1.29 is 104 Å². The fourth-order valence-corrected chi connectivity index (χ4v) is 15.7. The van der Waals surface area contributed by atoms with Gasteiger partial charge in [0, 0.05) is 151 Å². The number of nitrogens with zero attached hydrogens (tertiary/aromatic N) is 12. The van der Waals surface area contributed by atoms with E-state index in [-0.39, 0.29) is 51.4 Å². The lowest BCUT2D eigenvalue weighted by atomic mass is 9.98. The van der Waals surface area contributed by atoms with E-state index >= 15 is 13.2 Å². The number of carbonyl (C=O) groups excluding carboxylic acids is 3. The van der Waals surface area contributed by atoms with Gasteiger partial charge in [-0.05, 0) is 170 Å². The first-order chi connectivity index (χ1) is 65.9. The fourth-order valence-electron chi connectivity index (χ4n) is 15.7. The van der Waals surface area contributed by atoms with E-state index < -0.39 is 123 Å². The number of hydrogen-bond donors (Lipinski definition) is 6. The summed E-state index contributed by atoms with van der Waals surface area (Å²) in [7, 11) is 0. The van der Waals surface area contributed by atoms with Crippen molar-refractivity contribution in [2.45, 2.75) is 32.3 Å². The molecule has 0 saturated carbocycles. The Kier molecular flexibility index (Phi) is 22.7. The lowest BCUT2D eigenvalue weighted by Crippen LogP contribution is -2.31. The molecule has 21 rings (SSSR count). The molecule has 0 radical (unpaired) electrons. The third-order valence-electron chi connectivity index (χ3n) is 21.5. The Balaban J connectivity index is 0.000000132. The average Bonchev–Trinajstić information content (AvgIpc) is 1.59. The molecule has 9 aromatic carbocycles. The number of anilines is 3. The van der Waals surface area contributed by atoms with Crippen LogP contribution < -0.4 is 61.0 Å². The molecule has 0 atom stereocenters. The zero-order valence-corrected chi connectivity index (χ0v) is 68.9. The topological polar surface area (TPSA) is 347 Å². The third kappa shape index (κ3) is 17.6. The summed E-state index contributed by atoms with van der Waals surface area (Å²) in [6.07, 6.45) is 8.85. The molecule has 0 saturated heterocycles. The van der Waals surface area contributed by atoms with Crippen LogP contribution in [-0.4, -0.2) is 110 Å². The maximum atomic E-state index is 15.4. The van der Waals surface area contributed by atoms with Crippen LogP contribution in [0.4, 0.5) is 78.5 Å². The molecule has 0 unspecified atom stereocenters. The zero-order valence-electron chi connectivity index (χ0n) is 68.9. The Bertz CT molecular complexity index is 8260. The highest BCUT2D eigenvalue weighted by Crippen LogP contribution is 2.47. The summed E-state index contributed by atoms with van der Waals surface area (Å²) in [5.41, 5.74) is 2.21. The normalized spacial score (nSPS) is 11.9. The Morgan fingerprint density at radius 1 is 0.380 bits per heavy atom. The number of aryl methyl sites for hydroxylation is 2. The molecule has 30 nitrogen and oxygen atoms in total. The Hall–Kier alpha value is -18.4. The first kappa shape index (κ1) is 87.9. The van der Waals surface area contributed by atoms with Gasteiger partial charge in [0.05, 0.1) is 70.8 Å². The van der Waals surface area contributed by atoms with E-state index in [0.29, 0.717) is 66.2 Å². The molecular formula is C93H54F14N18O12. The van der Waals surface area contributed by atoms with Gasteiger partial charge in [0.2, 0.25) is 17.6 Å². The van der Waals surface area contributed by atoms with Crippen molar-refractivity contribution in [3.63, 3.8) is 0 Å². The number of aromatic nitrogens is 15. The van der Waals surface area contributed by atoms with E-state index in [1.54, 1.807) is 95.4 Å². The van der Waals surface area contributed by atoms with E-state index in [2.05, 4.69) is 76.0 Å². The summed E-state index contributed by atoms with van der Waals surface area (Å²) in [5.74, 6) is -9.56. The lowest BCUT2D eigenvalue weighted by Gasteiger charge is -2.17. The number of carbonyl (C=O) groups is 3. The summed E-state index contributed by atoms with van der Waals surface area (Å²) >= 11 is 0. The van der Waals surface area contributed by atoms with Crippen molar-refractivity contribution in [1.82, 2.24) is 73.3 Å².